The van der Waals surface area contributed by atoms with Crippen LogP contribution in [0.2, 0.25) is 0 Å². The Morgan fingerprint density at radius 1 is 1.45 bits per heavy atom. The van der Waals surface area contributed by atoms with Crippen molar-refractivity contribution in [2.75, 3.05) is 11.4 Å². The van der Waals surface area contributed by atoms with Crippen LogP contribution in [0.3, 0.4) is 0 Å². The molecule has 1 aromatic rings. The number of aromatic carboxylic acids is 1. The average molecular weight is 274 g/mol. The van der Waals surface area contributed by atoms with Gasteiger partial charge in [-0.15, -0.1) is 0 Å². The van der Waals surface area contributed by atoms with Crippen LogP contribution in [0.5, 0.6) is 0 Å². The van der Waals surface area contributed by atoms with Gasteiger partial charge in [0, 0.05) is 18.3 Å². The molecule has 0 saturated heterocycles. The Balaban J connectivity index is 1.72. The highest BCUT2D eigenvalue weighted by molar-refractivity contribution is 5.96. The summed E-state index contributed by atoms with van der Waals surface area (Å²) in [6.07, 6.45) is 2.89. The van der Waals surface area contributed by atoms with Gasteiger partial charge >= 0.3 is 12.0 Å². The molecule has 1 heterocycles. The molecule has 0 spiro atoms. The summed E-state index contributed by atoms with van der Waals surface area (Å²) in [6, 6.07) is 5.20. The van der Waals surface area contributed by atoms with E-state index < -0.39 is 5.97 Å². The third-order valence-electron chi connectivity index (χ3n) is 4.22. The average Bonchev–Trinajstić information content (AvgIpc) is 3.04. The number of carbonyl (C=O) groups excluding carboxylic acids is 1. The number of fused-ring (bicyclic) bond motifs is 1. The minimum absolute atomic E-state index is 0.0622. The molecule has 0 radical (unpaired) electrons. The summed E-state index contributed by atoms with van der Waals surface area (Å²) < 4.78 is 0. The molecule has 1 aromatic carbocycles. The lowest BCUT2D eigenvalue weighted by Crippen LogP contribution is -2.40. The van der Waals surface area contributed by atoms with Crippen LogP contribution in [0, 0.1) is 5.92 Å². The Labute approximate surface area is 117 Å². The number of carboxylic acids is 1. The summed E-state index contributed by atoms with van der Waals surface area (Å²) in [6.45, 7) is 2.75. The molecule has 5 nitrogen and oxygen atoms in total. The van der Waals surface area contributed by atoms with Crippen molar-refractivity contribution in [3.63, 3.8) is 0 Å². The second-order valence-electron chi connectivity index (χ2n) is 5.51. The number of benzene rings is 1. The molecule has 1 aliphatic heterocycles. The number of nitrogens with zero attached hydrogens (tertiary/aromatic N) is 1. The molecule has 106 valence electrons. The zero-order chi connectivity index (χ0) is 14.3. The van der Waals surface area contributed by atoms with Crippen molar-refractivity contribution in [1.29, 1.82) is 0 Å². The third kappa shape index (κ3) is 2.24. The fourth-order valence-corrected chi connectivity index (χ4v) is 2.86. The number of rotatable bonds is 3. The molecular weight excluding hydrogens is 256 g/mol. The lowest BCUT2D eigenvalue weighted by Gasteiger charge is -2.18. The summed E-state index contributed by atoms with van der Waals surface area (Å²) in [7, 11) is 0. The fourth-order valence-electron chi connectivity index (χ4n) is 2.86. The Morgan fingerprint density at radius 3 is 2.90 bits per heavy atom. The molecule has 2 unspecified atom stereocenters. The van der Waals surface area contributed by atoms with Crippen molar-refractivity contribution in [3.8, 4) is 0 Å². The highest BCUT2D eigenvalue weighted by Gasteiger charge is 2.38. The van der Waals surface area contributed by atoms with E-state index in [0.717, 1.165) is 24.1 Å². The Kier molecular flexibility index (Phi) is 3.12. The van der Waals surface area contributed by atoms with Crippen molar-refractivity contribution < 1.29 is 14.7 Å². The van der Waals surface area contributed by atoms with Gasteiger partial charge in [0.2, 0.25) is 0 Å². The first-order valence-corrected chi connectivity index (χ1v) is 7.04. The number of hydrogen-bond donors (Lipinski definition) is 2. The second-order valence-corrected chi connectivity index (χ2v) is 5.51. The van der Waals surface area contributed by atoms with E-state index in [-0.39, 0.29) is 11.6 Å². The maximum absolute atomic E-state index is 12.2. The molecule has 2 aliphatic rings. The lowest BCUT2D eigenvalue weighted by atomic mass is 10.1. The normalized spacial score (nSPS) is 23.4. The predicted molar refractivity (Wildman–Crippen MR) is 75.2 cm³/mol. The fraction of sp³-hybridized carbons (Fsp3) is 0.467. The molecule has 2 atom stereocenters. The molecule has 1 saturated carbocycles. The minimum Gasteiger partial charge on any atom is -0.478 e. The zero-order valence-electron chi connectivity index (χ0n) is 11.4. The van der Waals surface area contributed by atoms with Gasteiger partial charge in [0.1, 0.15) is 0 Å². The maximum atomic E-state index is 12.2. The van der Waals surface area contributed by atoms with Gasteiger partial charge in [-0.25, -0.2) is 9.59 Å². The number of carboxylic acid groups (broad SMARTS) is 1. The largest absolute Gasteiger partial charge is 0.478 e. The number of amides is 2. The number of nitrogens with one attached hydrogen (secondary N) is 1. The Hall–Kier alpha value is -2.04. The van der Waals surface area contributed by atoms with E-state index in [4.69, 9.17) is 5.11 Å². The van der Waals surface area contributed by atoms with Crippen LogP contribution in [0.25, 0.3) is 0 Å². The second kappa shape index (κ2) is 4.81. The SMILES string of the molecule is CCC1CC1NC(=O)N1CCc2cc(C(=O)O)ccc21. The zero-order valence-corrected chi connectivity index (χ0v) is 11.4. The van der Waals surface area contributed by atoms with Crippen molar-refractivity contribution in [3.05, 3.63) is 29.3 Å². The van der Waals surface area contributed by atoms with Crippen LogP contribution in [-0.4, -0.2) is 29.7 Å². The van der Waals surface area contributed by atoms with E-state index in [0.29, 0.717) is 24.9 Å². The molecule has 0 aromatic heterocycles. The lowest BCUT2D eigenvalue weighted by molar-refractivity contribution is 0.0697. The quantitative estimate of drug-likeness (QED) is 0.888. The third-order valence-corrected chi connectivity index (χ3v) is 4.22. The highest BCUT2D eigenvalue weighted by Crippen LogP contribution is 2.34. The molecule has 1 aliphatic carbocycles. The van der Waals surface area contributed by atoms with Crippen LogP contribution in [0.4, 0.5) is 10.5 Å². The smallest absolute Gasteiger partial charge is 0.335 e. The van der Waals surface area contributed by atoms with Crippen LogP contribution in [0.1, 0.15) is 35.7 Å². The maximum Gasteiger partial charge on any atom is 0.335 e. The van der Waals surface area contributed by atoms with E-state index in [1.54, 1.807) is 23.1 Å². The van der Waals surface area contributed by atoms with Crippen LogP contribution < -0.4 is 10.2 Å². The van der Waals surface area contributed by atoms with Gasteiger partial charge in [0.05, 0.1) is 5.56 Å². The van der Waals surface area contributed by atoms with Gasteiger partial charge in [-0.3, -0.25) is 4.90 Å². The van der Waals surface area contributed by atoms with Gasteiger partial charge in [-0.2, -0.15) is 0 Å². The molecule has 3 rings (SSSR count). The summed E-state index contributed by atoms with van der Waals surface area (Å²) >= 11 is 0. The molecular formula is C15H18N2O3. The first kappa shape index (κ1) is 13.0. The first-order chi connectivity index (χ1) is 9.60. The van der Waals surface area contributed by atoms with Gasteiger partial charge < -0.3 is 10.4 Å². The molecule has 2 N–H and O–H groups in total. The number of urea groups is 1. The standard InChI is InChI=1S/C15H18N2O3/c1-2-9-8-12(9)16-15(20)17-6-5-10-7-11(14(18)19)3-4-13(10)17/h3-4,7,9,12H,2,5-6,8H2,1H3,(H,16,20)(H,18,19). The molecule has 5 heteroatoms. The van der Waals surface area contributed by atoms with Crippen molar-refractivity contribution >= 4 is 17.7 Å². The van der Waals surface area contributed by atoms with Crippen LogP contribution in [0.15, 0.2) is 18.2 Å². The summed E-state index contributed by atoms with van der Waals surface area (Å²) in [4.78, 5) is 24.9. The predicted octanol–water partition coefficient (Wildman–Crippen LogP) is 2.26. The monoisotopic (exact) mass is 274 g/mol. The van der Waals surface area contributed by atoms with Crippen LogP contribution >= 0.6 is 0 Å². The first-order valence-electron chi connectivity index (χ1n) is 7.04. The van der Waals surface area contributed by atoms with Crippen molar-refractivity contribution in [2.24, 2.45) is 5.92 Å². The van der Waals surface area contributed by atoms with Crippen molar-refractivity contribution in [2.45, 2.75) is 32.2 Å². The highest BCUT2D eigenvalue weighted by atomic mass is 16.4. The van der Waals surface area contributed by atoms with Gasteiger partial charge in [0.25, 0.3) is 0 Å². The van der Waals surface area contributed by atoms with E-state index in [9.17, 15) is 9.59 Å². The van der Waals surface area contributed by atoms with E-state index in [2.05, 4.69) is 12.2 Å². The van der Waals surface area contributed by atoms with E-state index >= 15 is 0 Å². The number of anilines is 1. The molecule has 20 heavy (non-hydrogen) atoms. The number of carbonyl (C=O) groups is 2. The Bertz CT molecular complexity index is 570. The summed E-state index contributed by atoms with van der Waals surface area (Å²) in [5.41, 5.74) is 2.04. The Morgan fingerprint density at radius 2 is 2.25 bits per heavy atom. The van der Waals surface area contributed by atoms with E-state index in [1.807, 2.05) is 0 Å². The van der Waals surface area contributed by atoms with Crippen molar-refractivity contribution in [1.82, 2.24) is 5.32 Å². The minimum atomic E-state index is -0.931. The number of hydrogen-bond acceptors (Lipinski definition) is 2. The van der Waals surface area contributed by atoms with Gasteiger partial charge in [-0.05, 0) is 42.5 Å². The van der Waals surface area contributed by atoms with Crippen LogP contribution in [-0.2, 0) is 6.42 Å². The molecule has 2 amide bonds. The molecule has 0 bridgehead atoms. The van der Waals surface area contributed by atoms with Gasteiger partial charge in [-0.1, -0.05) is 13.3 Å². The van der Waals surface area contributed by atoms with Gasteiger partial charge in [0.15, 0.2) is 0 Å². The molecule has 1 fully saturated rings. The van der Waals surface area contributed by atoms with E-state index in [1.165, 1.54) is 0 Å². The summed E-state index contributed by atoms with van der Waals surface area (Å²) in [5, 5.41) is 12.0. The topological polar surface area (TPSA) is 69.6 Å². The summed E-state index contributed by atoms with van der Waals surface area (Å²) in [5.74, 6) is -0.310.